The van der Waals surface area contributed by atoms with E-state index in [1.807, 2.05) is 102 Å². The number of furan rings is 3. The Bertz CT molecular complexity index is 8130. The lowest BCUT2D eigenvalue weighted by atomic mass is 9.94. The average Bonchev–Trinajstić information content (AvgIpc) is 1.56. The SMILES string of the molecule is c1ccc(-c2ccc(-c3cc(-c4cc(-c5ccc6oc7ccccc7c6c5)cc(-c5nc6ccccc6c6c5oc5ccccc56)c4)nc(-c4ccccc4)n3)cc2)cc1.c1ccc(-c2ccc(-c3cc(-c4cc(-c5nc6ccccc6c6c5oc5ccccc56)cc(-c5cccc6c5sc5ccccc56)c4)nc(-c4ccccc4)n3)cc2)cc1. The molecule has 0 radical (unpaired) electrons. The van der Waals surface area contributed by atoms with E-state index in [2.05, 4.69) is 309 Å². The Kier molecular flexibility index (Phi) is 16.9. The van der Waals surface area contributed by atoms with Crippen molar-refractivity contribution in [2.24, 2.45) is 0 Å². The molecule has 16 aromatic carbocycles. The van der Waals surface area contributed by atoms with Gasteiger partial charge in [0.2, 0.25) is 0 Å². The summed E-state index contributed by atoms with van der Waals surface area (Å²) in [4.78, 5) is 31.7. The fourth-order valence-electron chi connectivity index (χ4n) is 17.1. The van der Waals surface area contributed by atoms with Gasteiger partial charge in [0.15, 0.2) is 22.8 Å². The van der Waals surface area contributed by atoms with Crippen molar-refractivity contribution in [1.82, 2.24) is 29.9 Å². The van der Waals surface area contributed by atoms with Crippen LogP contribution in [0.3, 0.4) is 0 Å². The molecule has 24 rings (SSSR count). The highest BCUT2D eigenvalue weighted by Gasteiger charge is 2.25. The standard InChI is InChI=1S/C55H33N3O2.C55H33N3OS/c1-3-13-34(14-4-1)35-23-25-36(26-24-35)47-33-48(58-55(57-47)37-15-5-2-6-16-37)40-29-39(38-27-28-51-45(32-38)42-17-8-11-21-49(42)59-51)30-41(31-40)53-54-52(43-18-7-10-20-46(43)56-53)44-19-9-12-22-50(44)60-54;1-3-14-34(15-4-1)35-26-28-36(29-27-35)47-33-48(58-55(57-47)37-16-5-2-6-17-37)39-30-38(41-21-13-22-43-42-18-9-12-25-50(42)60-54(41)43)31-40(32-39)52-53-51(44-19-7-10-23-46(44)56-52)45-20-8-11-24-49(45)59-53/h2*1-33H. The molecule has 24 aromatic rings. The quantitative estimate of drug-likeness (QED) is 0.118. The van der Waals surface area contributed by atoms with Crippen molar-refractivity contribution in [1.29, 1.82) is 0 Å². The first-order chi connectivity index (χ1) is 59.4. The maximum Gasteiger partial charge on any atom is 0.162 e. The monoisotopic (exact) mass is 1550 g/mol. The van der Waals surface area contributed by atoms with Gasteiger partial charge in [0.25, 0.3) is 0 Å². The van der Waals surface area contributed by atoms with E-state index in [0.29, 0.717) is 11.6 Å². The van der Waals surface area contributed by atoms with Crippen LogP contribution >= 0.6 is 11.3 Å². The third kappa shape index (κ3) is 12.5. The van der Waals surface area contributed by atoms with E-state index in [4.69, 9.17) is 43.2 Å². The van der Waals surface area contributed by atoms with Crippen LogP contribution in [-0.4, -0.2) is 29.9 Å². The first kappa shape index (κ1) is 69.6. The smallest absolute Gasteiger partial charge is 0.162 e. The molecule has 0 saturated heterocycles. The summed E-state index contributed by atoms with van der Waals surface area (Å²) in [5.74, 6) is 1.31. The van der Waals surface area contributed by atoms with Gasteiger partial charge >= 0.3 is 0 Å². The van der Waals surface area contributed by atoms with E-state index < -0.39 is 0 Å². The summed E-state index contributed by atoms with van der Waals surface area (Å²) in [6, 6.07) is 139. The minimum atomic E-state index is 0.650. The van der Waals surface area contributed by atoms with Crippen molar-refractivity contribution in [2.45, 2.75) is 0 Å². The molecule has 0 fully saturated rings. The largest absolute Gasteiger partial charge is 0.456 e. The summed E-state index contributed by atoms with van der Waals surface area (Å²) in [7, 11) is 0. The summed E-state index contributed by atoms with van der Waals surface area (Å²) in [5.41, 5.74) is 28.2. The van der Waals surface area contributed by atoms with E-state index in [1.165, 1.54) is 31.3 Å². The van der Waals surface area contributed by atoms with E-state index in [1.54, 1.807) is 0 Å². The summed E-state index contributed by atoms with van der Waals surface area (Å²) in [5, 5.41) is 11.0. The second-order valence-corrected chi connectivity index (χ2v) is 31.3. The summed E-state index contributed by atoms with van der Waals surface area (Å²) in [6.07, 6.45) is 0. The van der Waals surface area contributed by atoms with Crippen LogP contribution in [0.4, 0.5) is 0 Å². The molecule has 0 saturated carbocycles. The van der Waals surface area contributed by atoms with E-state index in [-0.39, 0.29) is 0 Å². The van der Waals surface area contributed by atoms with Crippen LogP contribution in [-0.2, 0) is 0 Å². The molecule has 0 atom stereocenters. The van der Waals surface area contributed by atoms with Crippen LogP contribution in [0.1, 0.15) is 0 Å². The van der Waals surface area contributed by atoms with Gasteiger partial charge in [-0.3, -0.25) is 0 Å². The fraction of sp³-hybridized carbons (Fsp3) is 0. The summed E-state index contributed by atoms with van der Waals surface area (Å²) < 4.78 is 22.2. The number of benzene rings is 16. The Balaban J connectivity index is 0.000000140. The lowest BCUT2D eigenvalue weighted by molar-refractivity contribution is 0.668. The second-order valence-electron chi connectivity index (χ2n) is 30.3. The summed E-state index contributed by atoms with van der Waals surface area (Å²) in [6.45, 7) is 0. The van der Waals surface area contributed by atoms with Gasteiger partial charge in [-0.05, 0) is 142 Å². The van der Waals surface area contributed by atoms with Gasteiger partial charge in [-0.1, -0.05) is 303 Å². The van der Waals surface area contributed by atoms with Crippen molar-refractivity contribution in [2.75, 3.05) is 0 Å². The highest BCUT2D eigenvalue weighted by Crippen LogP contribution is 2.48. The molecule has 0 amide bonds. The van der Waals surface area contributed by atoms with Crippen LogP contribution in [0.25, 0.3) is 243 Å². The predicted molar refractivity (Wildman–Crippen MR) is 495 cm³/mol. The Labute approximate surface area is 692 Å². The molecule has 0 aliphatic heterocycles. The minimum Gasteiger partial charge on any atom is -0.456 e. The maximum atomic E-state index is 6.76. The van der Waals surface area contributed by atoms with Crippen LogP contribution in [0.15, 0.2) is 414 Å². The molecule has 8 aromatic heterocycles. The molecule has 0 bridgehead atoms. The van der Waals surface area contributed by atoms with Gasteiger partial charge in [0, 0.05) is 108 Å². The van der Waals surface area contributed by atoms with Crippen molar-refractivity contribution >= 4 is 119 Å². The Morgan fingerprint density at radius 2 is 0.550 bits per heavy atom. The van der Waals surface area contributed by atoms with E-state index in [0.717, 1.165) is 200 Å². The van der Waals surface area contributed by atoms with Crippen molar-refractivity contribution < 1.29 is 13.3 Å². The lowest BCUT2D eigenvalue weighted by Gasteiger charge is -2.14. The number of aromatic nitrogens is 6. The fourth-order valence-corrected chi connectivity index (χ4v) is 18.4. The molecular weight excluding hydrogens is 1490 g/mol. The number of rotatable bonds is 12. The predicted octanol–water partition coefficient (Wildman–Crippen LogP) is 30.1. The van der Waals surface area contributed by atoms with Gasteiger partial charge in [0.1, 0.15) is 33.7 Å². The number of thiophene rings is 1. The van der Waals surface area contributed by atoms with Crippen molar-refractivity contribution in [3.8, 4) is 135 Å². The molecule has 0 unspecified atom stereocenters. The Hall–Kier alpha value is -15.9. The number of hydrogen-bond acceptors (Lipinski definition) is 10. The van der Waals surface area contributed by atoms with Crippen molar-refractivity contribution in [3.63, 3.8) is 0 Å². The van der Waals surface area contributed by atoms with Crippen LogP contribution in [0.5, 0.6) is 0 Å². The maximum absolute atomic E-state index is 6.76. The van der Waals surface area contributed by atoms with Gasteiger partial charge in [0.05, 0.1) is 33.8 Å². The first-order valence-corrected chi connectivity index (χ1v) is 41.0. The van der Waals surface area contributed by atoms with E-state index in [9.17, 15) is 0 Å². The molecule has 10 heteroatoms. The van der Waals surface area contributed by atoms with Gasteiger partial charge in [-0.25, -0.2) is 29.9 Å². The van der Waals surface area contributed by atoms with E-state index >= 15 is 0 Å². The zero-order chi connectivity index (χ0) is 79.1. The molecule has 0 aliphatic carbocycles. The first-order valence-electron chi connectivity index (χ1n) is 40.2. The molecule has 120 heavy (non-hydrogen) atoms. The number of pyridine rings is 2. The van der Waals surface area contributed by atoms with Crippen LogP contribution in [0.2, 0.25) is 0 Å². The Morgan fingerprint density at radius 3 is 1.07 bits per heavy atom. The lowest BCUT2D eigenvalue weighted by Crippen LogP contribution is -1.97. The zero-order valence-corrected chi connectivity index (χ0v) is 65.2. The van der Waals surface area contributed by atoms with Crippen molar-refractivity contribution in [3.05, 3.63) is 400 Å². The number of nitrogens with zero attached hydrogens (tertiary/aromatic N) is 6. The van der Waals surface area contributed by atoms with Crippen LogP contribution in [0, 0.1) is 0 Å². The summed E-state index contributed by atoms with van der Waals surface area (Å²) >= 11 is 1.83. The highest BCUT2D eigenvalue weighted by molar-refractivity contribution is 7.26. The molecule has 8 heterocycles. The topological polar surface area (TPSA) is 117 Å². The third-order valence-corrected chi connectivity index (χ3v) is 24.2. The minimum absolute atomic E-state index is 0.650. The van der Waals surface area contributed by atoms with Crippen LogP contribution < -0.4 is 0 Å². The molecule has 560 valence electrons. The average molecular weight is 1550 g/mol. The molecular formula is C110H66N6O3S. The second kappa shape index (κ2) is 29.1. The number of para-hydroxylation sites is 5. The number of fused-ring (bicyclic) bond motifs is 16. The normalized spacial score (nSPS) is 11.7. The molecule has 0 N–H and O–H groups in total. The zero-order valence-electron chi connectivity index (χ0n) is 64.4. The third-order valence-electron chi connectivity index (χ3n) is 23.0. The highest BCUT2D eigenvalue weighted by atomic mass is 32.1. The van der Waals surface area contributed by atoms with Gasteiger partial charge < -0.3 is 13.3 Å². The Morgan fingerprint density at radius 1 is 0.192 bits per heavy atom. The molecule has 0 spiro atoms. The van der Waals surface area contributed by atoms with Gasteiger partial charge in [-0.2, -0.15) is 0 Å². The number of hydrogen-bond donors (Lipinski definition) is 0. The molecule has 0 aliphatic rings. The molecule has 9 nitrogen and oxygen atoms in total. The van der Waals surface area contributed by atoms with Gasteiger partial charge in [-0.15, -0.1) is 11.3 Å².